The van der Waals surface area contributed by atoms with Crippen molar-refractivity contribution in [3.8, 4) is 11.1 Å². The molecule has 4 heteroatoms. The number of fused-ring (bicyclic) bond motifs is 1. The third-order valence-corrected chi connectivity index (χ3v) is 4.03. The van der Waals surface area contributed by atoms with Crippen molar-refractivity contribution in [2.24, 2.45) is 0 Å². The second-order valence-corrected chi connectivity index (χ2v) is 5.68. The van der Waals surface area contributed by atoms with Crippen LogP contribution in [0.1, 0.15) is 11.3 Å². The van der Waals surface area contributed by atoms with Crippen molar-refractivity contribution in [2.75, 3.05) is 13.2 Å². The topological polar surface area (TPSA) is 62.2 Å². The van der Waals surface area contributed by atoms with Crippen LogP contribution in [-0.4, -0.2) is 29.1 Å². The molecular formula is C20H20N2O2. The number of carbonyl (C=O) groups excluding carboxylic acids is 1. The molecule has 0 spiro atoms. The van der Waals surface area contributed by atoms with Crippen LogP contribution in [0, 0.1) is 6.92 Å². The van der Waals surface area contributed by atoms with Gasteiger partial charge in [-0.25, -0.2) is 0 Å². The molecule has 0 saturated heterocycles. The molecule has 0 unspecified atom stereocenters. The van der Waals surface area contributed by atoms with Gasteiger partial charge in [-0.15, -0.1) is 0 Å². The van der Waals surface area contributed by atoms with E-state index >= 15 is 0 Å². The summed E-state index contributed by atoms with van der Waals surface area (Å²) in [6, 6.07) is 18.1. The Kier molecular flexibility index (Phi) is 4.87. The van der Waals surface area contributed by atoms with E-state index in [-0.39, 0.29) is 25.5 Å². The first-order valence-corrected chi connectivity index (χ1v) is 8.02. The molecule has 1 amide bonds. The smallest absolute Gasteiger partial charge is 0.224 e. The van der Waals surface area contributed by atoms with Crippen molar-refractivity contribution >= 4 is 16.8 Å². The number of nitrogens with zero attached hydrogens (tertiary/aromatic N) is 1. The van der Waals surface area contributed by atoms with Gasteiger partial charge in [0.15, 0.2) is 0 Å². The Morgan fingerprint density at radius 1 is 1.08 bits per heavy atom. The normalized spacial score (nSPS) is 10.8. The number of benzene rings is 2. The first-order chi connectivity index (χ1) is 11.7. The molecule has 24 heavy (non-hydrogen) atoms. The molecule has 0 atom stereocenters. The van der Waals surface area contributed by atoms with Gasteiger partial charge in [0.05, 0.1) is 18.5 Å². The van der Waals surface area contributed by atoms with Gasteiger partial charge in [0.25, 0.3) is 0 Å². The predicted octanol–water partition coefficient (Wildman–Crippen LogP) is 2.86. The van der Waals surface area contributed by atoms with Crippen molar-refractivity contribution in [3.05, 3.63) is 65.9 Å². The molecule has 4 nitrogen and oxygen atoms in total. The Hall–Kier alpha value is -2.72. The first-order valence-electron chi connectivity index (χ1n) is 8.02. The maximum atomic E-state index is 12.2. The minimum atomic E-state index is -0.110. The quantitative estimate of drug-likeness (QED) is 0.760. The molecule has 122 valence electrons. The van der Waals surface area contributed by atoms with E-state index in [4.69, 9.17) is 5.11 Å². The van der Waals surface area contributed by atoms with Crippen LogP contribution in [0.15, 0.2) is 54.6 Å². The van der Waals surface area contributed by atoms with Gasteiger partial charge in [0.2, 0.25) is 5.91 Å². The highest BCUT2D eigenvalue weighted by atomic mass is 16.3. The maximum absolute atomic E-state index is 12.2. The van der Waals surface area contributed by atoms with Crippen LogP contribution in [-0.2, 0) is 11.2 Å². The highest BCUT2D eigenvalue weighted by Crippen LogP contribution is 2.33. The van der Waals surface area contributed by atoms with Crippen LogP contribution in [0.2, 0.25) is 0 Å². The van der Waals surface area contributed by atoms with Gasteiger partial charge in [-0.2, -0.15) is 0 Å². The van der Waals surface area contributed by atoms with Crippen LogP contribution in [0.3, 0.4) is 0 Å². The molecule has 2 aromatic carbocycles. The number of nitrogens with one attached hydrogen (secondary N) is 1. The van der Waals surface area contributed by atoms with Crippen LogP contribution in [0.4, 0.5) is 0 Å². The third kappa shape index (κ3) is 3.29. The number of pyridine rings is 1. The fourth-order valence-electron chi connectivity index (χ4n) is 2.94. The lowest BCUT2D eigenvalue weighted by atomic mass is 9.92. The Labute approximate surface area is 141 Å². The maximum Gasteiger partial charge on any atom is 0.224 e. The second-order valence-electron chi connectivity index (χ2n) is 5.68. The van der Waals surface area contributed by atoms with Crippen LogP contribution >= 0.6 is 0 Å². The first kappa shape index (κ1) is 16.1. The summed E-state index contributed by atoms with van der Waals surface area (Å²) in [5.41, 5.74) is 4.83. The molecule has 0 aliphatic heterocycles. The number of aliphatic hydroxyl groups excluding tert-OH is 1. The highest BCUT2D eigenvalue weighted by molar-refractivity contribution is 5.98. The van der Waals surface area contributed by atoms with Crippen molar-refractivity contribution < 1.29 is 9.90 Å². The molecule has 0 radical (unpaired) electrons. The summed E-state index contributed by atoms with van der Waals surface area (Å²) >= 11 is 0. The van der Waals surface area contributed by atoms with E-state index in [2.05, 4.69) is 22.4 Å². The SMILES string of the molecule is Cc1nc2ccccc2c(-c2ccccc2)c1CC(=O)NCCO. The third-order valence-electron chi connectivity index (χ3n) is 4.03. The molecule has 0 aliphatic rings. The number of aryl methyl sites for hydroxylation is 1. The van der Waals surface area contributed by atoms with Crippen LogP contribution in [0.25, 0.3) is 22.0 Å². The lowest BCUT2D eigenvalue weighted by molar-refractivity contribution is -0.120. The number of hydrogen-bond acceptors (Lipinski definition) is 3. The Morgan fingerprint density at radius 3 is 2.54 bits per heavy atom. The van der Waals surface area contributed by atoms with E-state index in [1.165, 1.54) is 0 Å². The summed E-state index contributed by atoms with van der Waals surface area (Å²) in [6.45, 7) is 2.14. The Bertz CT molecular complexity index is 860. The van der Waals surface area contributed by atoms with Gasteiger partial charge in [-0.05, 0) is 29.7 Å². The van der Waals surface area contributed by atoms with E-state index in [9.17, 15) is 4.79 Å². The number of para-hydroxylation sites is 1. The lowest BCUT2D eigenvalue weighted by Gasteiger charge is -2.16. The van der Waals surface area contributed by atoms with E-state index in [0.29, 0.717) is 0 Å². The predicted molar refractivity (Wildman–Crippen MR) is 95.7 cm³/mol. The summed E-state index contributed by atoms with van der Waals surface area (Å²) in [5.74, 6) is -0.110. The van der Waals surface area contributed by atoms with Gasteiger partial charge in [0, 0.05) is 17.6 Å². The van der Waals surface area contributed by atoms with Gasteiger partial charge in [0.1, 0.15) is 0 Å². The summed E-state index contributed by atoms with van der Waals surface area (Å²) in [5, 5.41) is 12.6. The number of rotatable bonds is 5. The summed E-state index contributed by atoms with van der Waals surface area (Å²) in [6.07, 6.45) is 0.244. The molecule has 1 aromatic heterocycles. The Morgan fingerprint density at radius 2 is 1.79 bits per heavy atom. The van der Waals surface area contributed by atoms with Crippen molar-refractivity contribution in [1.82, 2.24) is 10.3 Å². The summed E-state index contributed by atoms with van der Waals surface area (Å²) < 4.78 is 0. The van der Waals surface area contributed by atoms with Gasteiger partial charge in [-0.1, -0.05) is 48.5 Å². The van der Waals surface area contributed by atoms with Crippen LogP contribution in [0.5, 0.6) is 0 Å². The molecule has 0 fully saturated rings. The molecule has 3 aromatic rings. The molecule has 1 heterocycles. The largest absolute Gasteiger partial charge is 0.395 e. The molecule has 3 rings (SSSR count). The standard InChI is InChI=1S/C20H20N2O2/c1-14-17(13-19(24)21-11-12-23)20(15-7-3-2-4-8-15)16-9-5-6-10-18(16)22-14/h2-10,23H,11-13H2,1H3,(H,21,24). The van der Waals surface area contributed by atoms with Crippen LogP contribution < -0.4 is 5.32 Å². The van der Waals surface area contributed by atoms with E-state index in [1.807, 2.05) is 49.4 Å². The fourth-order valence-corrected chi connectivity index (χ4v) is 2.94. The molecule has 0 saturated carbocycles. The minimum absolute atomic E-state index is 0.0633. The van der Waals surface area contributed by atoms with E-state index in [0.717, 1.165) is 33.3 Å². The Balaban J connectivity index is 2.16. The van der Waals surface area contributed by atoms with E-state index < -0.39 is 0 Å². The van der Waals surface area contributed by atoms with E-state index in [1.54, 1.807) is 0 Å². The van der Waals surface area contributed by atoms with Gasteiger partial charge in [-0.3, -0.25) is 9.78 Å². The molecule has 0 bridgehead atoms. The number of hydrogen-bond donors (Lipinski definition) is 2. The summed E-state index contributed by atoms with van der Waals surface area (Å²) in [7, 11) is 0. The number of aromatic nitrogens is 1. The zero-order chi connectivity index (χ0) is 16.9. The number of carbonyl (C=O) groups is 1. The van der Waals surface area contributed by atoms with Gasteiger partial charge >= 0.3 is 0 Å². The zero-order valence-corrected chi connectivity index (χ0v) is 13.6. The number of aliphatic hydroxyl groups is 1. The van der Waals surface area contributed by atoms with Crippen molar-refractivity contribution in [1.29, 1.82) is 0 Å². The lowest BCUT2D eigenvalue weighted by Crippen LogP contribution is -2.28. The molecule has 0 aliphatic carbocycles. The monoisotopic (exact) mass is 320 g/mol. The zero-order valence-electron chi connectivity index (χ0n) is 13.6. The average molecular weight is 320 g/mol. The second kappa shape index (κ2) is 7.23. The van der Waals surface area contributed by atoms with Crippen molar-refractivity contribution in [3.63, 3.8) is 0 Å². The highest BCUT2D eigenvalue weighted by Gasteiger charge is 2.16. The fraction of sp³-hybridized carbons (Fsp3) is 0.200. The summed E-state index contributed by atoms with van der Waals surface area (Å²) in [4.78, 5) is 16.9. The molecular weight excluding hydrogens is 300 g/mol. The molecule has 2 N–H and O–H groups in total. The van der Waals surface area contributed by atoms with Gasteiger partial charge < -0.3 is 10.4 Å². The number of amides is 1. The average Bonchev–Trinajstić information content (AvgIpc) is 2.61. The minimum Gasteiger partial charge on any atom is -0.395 e. The van der Waals surface area contributed by atoms with Crippen molar-refractivity contribution in [2.45, 2.75) is 13.3 Å².